The average molecular weight is 377 g/mol. The van der Waals surface area contributed by atoms with Crippen LogP contribution < -0.4 is 5.32 Å². The number of carbonyl (C=O) groups excluding carboxylic acids is 2. The molecule has 0 saturated heterocycles. The van der Waals surface area contributed by atoms with Crippen LogP contribution in [0.1, 0.15) is 65.7 Å². The van der Waals surface area contributed by atoms with E-state index in [2.05, 4.69) is 12.2 Å². The van der Waals surface area contributed by atoms with Gasteiger partial charge in [-0.05, 0) is 55.7 Å². The molecule has 2 aromatic rings. The van der Waals surface area contributed by atoms with Crippen LogP contribution >= 0.6 is 0 Å². The smallest absolute Gasteiger partial charge is 0.255 e. The van der Waals surface area contributed by atoms with E-state index in [4.69, 9.17) is 0 Å². The molecule has 1 atom stereocenters. The van der Waals surface area contributed by atoms with Gasteiger partial charge in [0.15, 0.2) is 0 Å². The van der Waals surface area contributed by atoms with Gasteiger partial charge in [0.25, 0.3) is 5.91 Å². The van der Waals surface area contributed by atoms with Crippen LogP contribution in [0.3, 0.4) is 0 Å². The van der Waals surface area contributed by atoms with E-state index in [1.54, 1.807) is 4.90 Å². The summed E-state index contributed by atoms with van der Waals surface area (Å²) in [5.74, 6) is 0.624. The van der Waals surface area contributed by atoms with Gasteiger partial charge in [-0.2, -0.15) is 0 Å². The number of benzene rings is 2. The molecule has 2 aliphatic rings. The van der Waals surface area contributed by atoms with E-state index < -0.39 is 6.04 Å². The Kier molecular flexibility index (Phi) is 5.21. The molecular weight excluding hydrogens is 348 g/mol. The van der Waals surface area contributed by atoms with Crippen molar-refractivity contribution < 1.29 is 9.59 Å². The first-order chi connectivity index (χ1) is 13.5. The fraction of sp³-hybridized carbons (Fsp3) is 0.417. The topological polar surface area (TPSA) is 49.4 Å². The molecule has 4 heteroatoms. The molecule has 0 aromatic heterocycles. The normalized spacial score (nSPS) is 24.1. The number of fused-ring (bicyclic) bond motifs is 1. The highest BCUT2D eigenvalue weighted by Crippen LogP contribution is 2.35. The second-order valence-corrected chi connectivity index (χ2v) is 8.37. The van der Waals surface area contributed by atoms with E-state index >= 15 is 0 Å². The SMILES string of the molecule is Cc1ccc(CN2C(=O)c3ccccc3[C@@H]2C(=O)NC2CCC(C)CC2)cc1. The number of aryl methyl sites for hydroxylation is 1. The molecule has 0 radical (unpaired) electrons. The van der Waals surface area contributed by atoms with Gasteiger partial charge in [0.05, 0.1) is 0 Å². The van der Waals surface area contributed by atoms with E-state index in [1.807, 2.05) is 55.5 Å². The van der Waals surface area contributed by atoms with Crippen LogP contribution in [0.5, 0.6) is 0 Å². The zero-order chi connectivity index (χ0) is 19.7. The predicted molar refractivity (Wildman–Crippen MR) is 110 cm³/mol. The molecule has 4 nitrogen and oxygen atoms in total. The lowest BCUT2D eigenvalue weighted by molar-refractivity contribution is -0.126. The number of rotatable bonds is 4. The number of hydrogen-bond donors (Lipinski definition) is 1. The van der Waals surface area contributed by atoms with Gasteiger partial charge in [-0.1, -0.05) is 55.0 Å². The first-order valence-electron chi connectivity index (χ1n) is 10.3. The molecule has 1 aliphatic heterocycles. The Labute approximate surface area is 166 Å². The second kappa shape index (κ2) is 7.78. The monoisotopic (exact) mass is 376 g/mol. The van der Waals surface area contributed by atoms with Crippen molar-refractivity contribution in [2.75, 3.05) is 0 Å². The molecule has 1 fully saturated rings. The Hall–Kier alpha value is -2.62. The summed E-state index contributed by atoms with van der Waals surface area (Å²) in [5.41, 5.74) is 3.69. The second-order valence-electron chi connectivity index (χ2n) is 8.37. The maximum atomic E-state index is 13.3. The van der Waals surface area contributed by atoms with Gasteiger partial charge in [-0.25, -0.2) is 0 Å². The van der Waals surface area contributed by atoms with Gasteiger partial charge in [-0.15, -0.1) is 0 Å². The van der Waals surface area contributed by atoms with Gasteiger partial charge in [0.2, 0.25) is 5.91 Å². The van der Waals surface area contributed by atoms with Crippen molar-refractivity contribution in [1.29, 1.82) is 0 Å². The molecule has 0 unspecified atom stereocenters. The molecule has 146 valence electrons. The van der Waals surface area contributed by atoms with Crippen molar-refractivity contribution in [3.8, 4) is 0 Å². The average Bonchev–Trinajstić information content (AvgIpc) is 2.98. The van der Waals surface area contributed by atoms with Crippen molar-refractivity contribution in [3.63, 3.8) is 0 Å². The summed E-state index contributed by atoms with van der Waals surface area (Å²) in [4.78, 5) is 28.0. The highest BCUT2D eigenvalue weighted by atomic mass is 16.2. The van der Waals surface area contributed by atoms with Crippen LogP contribution in [0.15, 0.2) is 48.5 Å². The Morgan fingerprint density at radius 1 is 1.04 bits per heavy atom. The van der Waals surface area contributed by atoms with Crippen molar-refractivity contribution in [2.45, 2.75) is 58.2 Å². The lowest BCUT2D eigenvalue weighted by atomic mass is 9.87. The van der Waals surface area contributed by atoms with Crippen molar-refractivity contribution in [1.82, 2.24) is 10.2 Å². The number of nitrogens with one attached hydrogen (secondary N) is 1. The molecule has 2 amide bonds. The van der Waals surface area contributed by atoms with Gasteiger partial charge in [-0.3, -0.25) is 9.59 Å². The minimum Gasteiger partial charge on any atom is -0.351 e. The number of amides is 2. The van der Waals surface area contributed by atoms with E-state index in [1.165, 1.54) is 5.56 Å². The lowest BCUT2D eigenvalue weighted by Crippen LogP contribution is -2.44. The first kappa shape index (κ1) is 18.7. The molecule has 4 rings (SSSR count). The predicted octanol–water partition coefficient (Wildman–Crippen LogP) is 4.39. The van der Waals surface area contributed by atoms with Gasteiger partial charge in [0.1, 0.15) is 6.04 Å². The molecule has 2 aromatic carbocycles. The number of carbonyl (C=O) groups is 2. The highest BCUT2D eigenvalue weighted by Gasteiger charge is 2.41. The molecular formula is C24H28N2O2. The Balaban J connectivity index is 1.58. The molecule has 0 bridgehead atoms. The Bertz CT molecular complexity index is 866. The van der Waals surface area contributed by atoms with Crippen LogP contribution in [0.2, 0.25) is 0 Å². The number of hydrogen-bond acceptors (Lipinski definition) is 2. The largest absolute Gasteiger partial charge is 0.351 e. The summed E-state index contributed by atoms with van der Waals surface area (Å²) in [6.07, 6.45) is 4.34. The third-order valence-corrected chi connectivity index (χ3v) is 6.14. The molecule has 0 spiro atoms. The van der Waals surface area contributed by atoms with Gasteiger partial charge in [0, 0.05) is 18.2 Å². The van der Waals surface area contributed by atoms with E-state index in [0.717, 1.165) is 42.7 Å². The van der Waals surface area contributed by atoms with Crippen LogP contribution in [0, 0.1) is 12.8 Å². The standard InChI is InChI=1S/C24H28N2O2/c1-16-7-11-18(12-8-16)15-26-22(20-5-3-4-6-21(20)24(26)28)23(27)25-19-13-9-17(2)10-14-19/h3-8,11-12,17,19,22H,9-10,13-15H2,1-2H3,(H,25,27)/t17?,19?,22-/m1/s1. The Morgan fingerprint density at radius 2 is 1.71 bits per heavy atom. The van der Waals surface area contributed by atoms with Crippen LogP contribution in [0.25, 0.3) is 0 Å². The molecule has 1 heterocycles. The molecule has 1 saturated carbocycles. The minimum atomic E-state index is -0.552. The Morgan fingerprint density at radius 3 is 2.43 bits per heavy atom. The first-order valence-corrected chi connectivity index (χ1v) is 10.3. The maximum absolute atomic E-state index is 13.3. The fourth-order valence-electron chi connectivity index (χ4n) is 4.39. The summed E-state index contributed by atoms with van der Waals surface area (Å²) >= 11 is 0. The van der Waals surface area contributed by atoms with Crippen molar-refractivity contribution >= 4 is 11.8 Å². The summed E-state index contributed by atoms with van der Waals surface area (Å²) in [6, 6.07) is 15.3. The van der Waals surface area contributed by atoms with Crippen molar-refractivity contribution in [2.24, 2.45) is 5.92 Å². The van der Waals surface area contributed by atoms with Crippen LogP contribution in [-0.4, -0.2) is 22.8 Å². The summed E-state index contributed by atoms with van der Waals surface area (Å²) in [6.45, 7) is 4.75. The van der Waals surface area contributed by atoms with Crippen LogP contribution in [0.4, 0.5) is 0 Å². The quantitative estimate of drug-likeness (QED) is 0.860. The van der Waals surface area contributed by atoms with Crippen molar-refractivity contribution in [3.05, 3.63) is 70.8 Å². The maximum Gasteiger partial charge on any atom is 0.255 e. The zero-order valence-electron chi connectivity index (χ0n) is 16.7. The molecule has 1 aliphatic carbocycles. The van der Waals surface area contributed by atoms with Gasteiger partial charge < -0.3 is 10.2 Å². The summed E-state index contributed by atoms with van der Waals surface area (Å²) in [5, 5.41) is 3.23. The fourth-order valence-corrected chi connectivity index (χ4v) is 4.39. The van der Waals surface area contributed by atoms with E-state index in [0.29, 0.717) is 12.1 Å². The number of nitrogens with zero attached hydrogens (tertiary/aromatic N) is 1. The lowest BCUT2D eigenvalue weighted by Gasteiger charge is -2.30. The molecule has 28 heavy (non-hydrogen) atoms. The van der Waals surface area contributed by atoms with E-state index in [-0.39, 0.29) is 17.9 Å². The van der Waals surface area contributed by atoms with Gasteiger partial charge >= 0.3 is 0 Å². The summed E-state index contributed by atoms with van der Waals surface area (Å²) in [7, 11) is 0. The third kappa shape index (κ3) is 3.68. The minimum absolute atomic E-state index is 0.0510. The molecule has 1 N–H and O–H groups in total. The highest BCUT2D eigenvalue weighted by molar-refractivity contribution is 6.04. The van der Waals surface area contributed by atoms with Crippen LogP contribution in [-0.2, 0) is 11.3 Å². The summed E-state index contributed by atoms with van der Waals surface area (Å²) < 4.78 is 0. The van der Waals surface area contributed by atoms with E-state index in [9.17, 15) is 9.59 Å². The zero-order valence-corrected chi connectivity index (χ0v) is 16.7. The third-order valence-electron chi connectivity index (χ3n) is 6.14.